The molecule has 31 heavy (non-hydrogen) atoms. The van der Waals surface area contributed by atoms with Gasteiger partial charge in [-0.05, 0) is 49.6 Å². The largest absolute Gasteiger partial charge is 0.492 e. The average molecular weight is 458 g/mol. The van der Waals surface area contributed by atoms with Crippen molar-refractivity contribution in [2.75, 3.05) is 17.5 Å². The second-order valence-electron chi connectivity index (χ2n) is 6.43. The third-order valence-electron chi connectivity index (χ3n) is 4.28. The van der Waals surface area contributed by atoms with E-state index in [1.165, 1.54) is 23.5 Å². The van der Waals surface area contributed by atoms with Gasteiger partial charge in [0.2, 0.25) is 0 Å². The van der Waals surface area contributed by atoms with E-state index in [9.17, 15) is 13.2 Å². The van der Waals surface area contributed by atoms with E-state index in [2.05, 4.69) is 10.5 Å². The SMILES string of the molecule is CCOc1ccccc1N(CC(=O)N/N=C(\C)c1cccs1)S(=O)(=O)c1ccccc1. The number of nitrogens with one attached hydrogen (secondary N) is 1. The Morgan fingerprint density at radius 1 is 1.06 bits per heavy atom. The number of sulfonamides is 1. The number of amides is 1. The summed E-state index contributed by atoms with van der Waals surface area (Å²) >= 11 is 1.50. The van der Waals surface area contributed by atoms with Crippen molar-refractivity contribution in [2.24, 2.45) is 5.10 Å². The second-order valence-corrected chi connectivity index (χ2v) is 9.24. The van der Waals surface area contributed by atoms with Crippen LogP contribution in [0.25, 0.3) is 0 Å². The molecule has 3 rings (SSSR count). The molecule has 0 saturated heterocycles. The van der Waals surface area contributed by atoms with E-state index in [1.54, 1.807) is 49.4 Å². The molecule has 1 heterocycles. The number of benzene rings is 2. The minimum absolute atomic E-state index is 0.0763. The molecule has 0 aliphatic rings. The molecule has 0 fully saturated rings. The Balaban J connectivity index is 1.93. The first-order valence-corrected chi connectivity index (χ1v) is 11.9. The van der Waals surface area contributed by atoms with Crippen LogP contribution in [0.2, 0.25) is 0 Å². The predicted octanol–water partition coefficient (Wildman–Crippen LogP) is 3.88. The number of hydrazone groups is 1. The van der Waals surface area contributed by atoms with Crippen LogP contribution in [0.4, 0.5) is 5.69 Å². The van der Waals surface area contributed by atoms with E-state index >= 15 is 0 Å². The lowest BCUT2D eigenvalue weighted by Gasteiger charge is -2.25. The van der Waals surface area contributed by atoms with Gasteiger partial charge in [0.25, 0.3) is 15.9 Å². The molecule has 0 aliphatic carbocycles. The Kier molecular flexibility index (Phi) is 7.43. The standard InChI is InChI=1S/C22H23N3O4S2/c1-3-29-20-13-8-7-12-19(20)25(31(27,28)18-10-5-4-6-11-18)16-22(26)24-23-17(2)21-14-9-15-30-21/h4-15H,3,16H2,1-2H3,(H,24,26)/b23-17+. The van der Waals surface area contributed by atoms with Crippen LogP contribution in [-0.2, 0) is 14.8 Å². The molecule has 9 heteroatoms. The van der Waals surface area contributed by atoms with E-state index < -0.39 is 22.5 Å². The maximum atomic E-state index is 13.4. The van der Waals surface area contributed by atoms with Gasteiger partial charge in [-0.25, -0.2) is 13.8 Å². The molecule has 1 aromatic heterocycles. The summed E-state index contributed by atoms with van der Waals surface area (Å²) in [4.78, 5) is 13.7. The average Bonchev–Trinajstić information content (AvgIpc) is 3.32. The monoisotopic (exact) mass is 457 g/mol. The Morgan fingerprint density at radius 2 is 1.77 bits per heavy atom. The summed E-state index contributed by atoms with van der Waals surface area (Å²) in [5.41, 5.74) is 3.37. The van der Waals surface area contributed by atoms with E-state index in [4.69, 9.17) is 4.74 Å². The Labute approximate surface area is 186 Å². The number of hydrogen-bond donors (Lipinski definition) is 1. The van der Waals surface area contributed by atoms with Crippen molar-refractivity contribution in [3.8, 4) is 5.75 Å². The van der Waals surface area contributed by atoms with Crippen molar-refractivity contribution in [1.29, 1.82) is 0 Å². The van der Waals surface area contributed by atoms with Crippen molar-refractivity contribution >= 4 is 38.7 Å². The van der Waals surface area contributed by atoms with Crippen molar-refractivity contribution in [2.45, 2.75) is 18.7 Å². The van der Waals surface area contributed by atoms with Crippen molar-refractivity contribution in [3.63, 3.8) is 0 Å². The summed E-state index contributed by atoms with van der Waals surface area (Å²) in [7, 11) is -4.03. The molecule has 0 radical (unpaired) electrons. The zero-order chi connectivity index (χ0) is 22.3. The van der Waals surface area contributed by atoms with Crippen LogP contribution in [0.5, 0.6) is 5.75 Å². The number of carbonyl (C=O) groups is 1. The third-order valence-corrected chi connectivity index (χ3v) is 7.03. The molecule has 0 aliphatic heterocycles. The Morgan fingerprint density at radius 3 is 2.45 bits per heavy atom. The number of rotatable bonds is 9. The van der Waals surface area contributed by atoms with Crippen molar-refractivity contribution < 1.29 is 17.9 Å². The van der Waals surface area contributed by atoms with Gasteiger partial charge in [-0.2, -0.15) is 5.10 Å². The highest BCUT2D eigenvalue weighted by Crippen LogP contribution is 2.32. The molecular weight excluding hydrogens is 434 g/mol. The quantitative estimate of drug-likeness (QED) is 0.390. The lowest BCUT2D eigenvalue weighted by atomic mass is 10.3. The van der Waals surface area contributed by atoms with E-state index in [0.717, 1.165) is 9.18 Å². The molecule has 1 amide bonds. The second kappa shape index (κ2) is 10.2. The van der Waals surface area contributed by atoms with Crippen LogP contribution >= 0.6 is 11.3 Å². The van der Waals surface area contributed by atoms with Gasteiger partial charge in [-0.3, -0.25) is 9.10 Å². The highest BCUT2D eigenvalue weighted by molar-refractivity contribution is 7.92. The van der Waals surface area contributed by atoms with Crippen LogP contribution in [0.15, 0.2) is 82.1 Å². The molecule has 7 nitrogen and oxygen atoms in total. The van der Waals surface area contributed by atoms with E-state index in [-0.39, 0.29) is 10.6 Å². The Bertz CT molecular complexity index is 1140. The number of carbonyl (C=O) groups excluding carboxylic acids is 1. The molecule has 0 spiro atoms. The molecule has 0 atom stereocenters. The summed E-state index contributed by atoms with van der Waals surface area (Å²) in [5.74, 6) is -0.197. The molecule has 3 aromatic rings. The van der Waals surface area contributed by atoms with Gasteiger partial charge in [0, 0.05) is 4.88 Å². The van der Waals surface area contributed by atoms with Gasteiger partial charge in [0.1, 0.15) is 12.3 Å². The van der Waals surface area contributed by atoms with Crippen molar-refractivity contribution in [3.05, 3.63) is 77.0 Å². The van der Waals surface area contributed by atoms with Crippen LogP contribution in [-0.4, -0.2) is 33.2 Å². The number of ether oxygens (including phenoxy) is 1. The minimum atomic E-state index is -4.03. The van der Waals surface area contributed by atoms with Gasteiger partial charge in [-0.1, -0.05) is 36.4 Å². The van der Waals surface area contributed by atoms with Crippen molar-refractivity contribution in [1.82, 2.24) is 5.43 Å². The van der Waals surface area contributed by atoms with Gasteiger partial charge >= 0.3 is 0 Å². The Hall–Kier alpha value is -3.17. The molecule has 162 valence electrons. The highest BCUT2D eigenvalue weighted by atomic mass is 32.2. The maximum absolute atomic E-state index is 13.4. The van der Waals surface area contributed by atoms with Gasteiger partial charge < -0.3 is 4.74 Å². The smallest absolute Gasteiger partial charge is 0.264 e. The third kappa shape index (κ3) is 5.50. The lowest BCUT2D eigenvalue weighted by Crippen LogP contribution is -2.40. The highest BCUT2D eigenvalue weighted by Gasteiger charge is 2.29. The number of anilines is 1. The van der Waals surface area contributed by atoms with E-state index in [1.807, 2.05) is 24.4 Å². The fourth-order valence-electron chi connectivity index (χ4n) is 2.81. The summed E-state index contributed by atoms with van der Waals surface area (Å²) in [6, 6.07) is 18.5. The lowest BCUT2D eigenvalue weighted by molar-refractivity contribution is -0.119. The molecule has 1 N–H and O–H groups in total. The fourth-order valence-corrected chi connectivity index (χ4v) is 4.94. The number of thiophene rings is 1. The van der Waals surface area contributed by atoms with Crippen LogP contribution in [0, 0.1) is 0 Å². The molecule has 2 aromatic carbocycles. The minimum Gasteiger partial charge on any atom is -0.492 e. The molecule has 0 saturated carbocycles. The van der Waals surface area contributed by atoms with Gasteiger partial charge in [0.15, 0.2) is 0 Å². The van der Waals surface area contributed by atoms with Crippen LogP contribution < -0.4 is 14.5 Å². The molecule has 0 unspecified atom stereocenters. The first kappa shape index (κ1) is 22.5. The summed E-state index contributed by atoms with van der Waals surface area (Å²) in [6.07, 6.45) is 0. The van der Waals surface area contributed by atoms with E-state index in [0.29, 0.717) is 18.1 Å². The first-order chi connectivity index (χ1) is 14.9. The maximum Gasteiger partial charge on any atom is 0.264 e. The van der Waals surface area contributed by atoms with Gasteiger partial charge in [0.05, 0.1) is 22.9 Å². The normalized spacial score (nSPS) is 11.7. The molecule has 0 bridgehead atoms. The van der Waals surface area contributed by atoms with Gasteiger partial charge in [-0.15, -0.1) is 11.3 Å². The molecular formula is C22H23N3O4S2. The zero-order valence-electron chi connectivity index (χ0n) is 17.2. The first-order valence-electron chi connectivity index (χ1n) is 9.60. The summed E-state index contributed by atoms with van der Waals surface area (Å²) in [5, 5.41) is 6.01. The summed E-state index contributed by atoms with van der Waals surface area (Å²) < 4.78 is 33.5. The van der Waals surface area contributed by atoms with Crippen LogP contribution in [0.3, 0.4) is 0 Å². The number of hydrogen-bond acceptors (Lipinski definition) is 6. The number of para-hydroxylation sites is 2. The topological polar surface area (TPSA) is 88.1 Å². The van der Waals surface area contributed by atoms with Crippen LogP contribution in [0.1, 0.15) is 18.7 Å². The summed E-state index contributed by atoms with van der Waals surface area (Å²) in [6.45, 7) is 3.48. The zero-order valence-corrected chi connectivity index (χ0v) is 18.8. The fraction of sp³-hybridized carbons (Fsp3) is 0.182. The predicted molar refractivity (Wildman–Crippen MR) is 123 cm³/mol. The number of nitrogens with zero attached hydrogens (tertiary/aromatic N) is 2.